The molecule has 5 rings (SSSR count). The fourth-order valence-corrected chi connectivity index (χ4v) is 4.45. The topological polar surface area (TPSA) is 63.6 Å². The van der Waals surface area contributed by atoms with Gasteiger partial charge in [0.15, 0.2) is 5.75 Å². The largest absolute Gasteiger partial charge is 0.497 e. The summed E-state index contributed by atoms with van der Waals surface area (Å²) >= 11 is 0. The van der Waals surface area contributed by atoms with Crippen molar-refractivity contribution in [2.24, 2.45) is 4.99 Å². The molecule has 2 aliphatic heterocycles. The molecule has 0 saturated carbocycles. The number of ether oxygens (including phenoxy) is 3. The number of aryl methyl sites for hydroxylation is 1. The molecule has 2 heterocycles. The first-order valence-corrected chi connectivity index (χ1v) is 11.8. The molecule has 0 N–H and O–H groups in total. The lowest BCUT2D eigenvalue weighted by molar-refractivity contribution is 0.0624. The lowest BCUT2D eigenvalue weighted by atomic mass is 10.1. The van der Waals surface area contributed by atoms with Crippen LogP contribution in [0.15, 0.2) is 71.7 Å². The van der Waals surface area contributed by atoms with E-state index in [4.69, 9.17) is 19.2 Å². The van der Waals surface area contributed by atoms with E-state index in [1.165, 1.54) is 0 Å². The summed E-state index contributed by atoms with van der Waals surface area (Å²) in [7, 11) is 1.64. The first-order chi connectivity index (χ1) is 17.0. The summed E-state index contributed by atoms with van der Waals surface area (Å²) in [4.78, 5) is 21.8. The molecule has 3 aromatic carbocycles. The van der Waals surface area contributed by atoms with E-state index in [-0.39, 0.29) is 18.7 Å². The Morgan fingerprint density at radius 3 is 2.66 bits per heavy atom. The summed E-state index contributed by atoms with van der Waals surface area (Å²) in [5.74, 6) is 2.96. The van der Waals surface area contributed by atoms with Crippen molar-refractivity contribution >= 4 is 17.6 Å². The van der Waals surface area contributed by atoms with E-state index >= 15 is 0 Å². The molecule has 1 saturated heterocycles. The Bertz CT molecular complexity index is 1260. The molecule has 0 aromatic heterocycles. The number of benzene rings is 3. The van der Waals surface area contributed by atoms with Gasteiger partial charge in [0.25, 0.3) is 0 Å². The molecule has 2 aliphatic rings. The lowest BCUT2D eigenvalue weighted by Gasteiger charge is -2.40. The summed E-state index contributed by atoms with van der Waals surface area (Å²) in [6.45, 7) is 6.14. The van der Waals surface area contributed by atoms with Crippen LogP contribution in [0.3, 0.4) is 0 Å². The number of amides is 1. The van der Waals surface area contributed by atoms with Crippen molar-refractivity contribution in [3.8, 4) is 17.2 Å². The minimum Gasteiger partial charge on any atom is -0.497 e. The highest BCUT2D eigenvalue weighted by molar-refractivity contribution is 6.04. The Hall–Kier alpha value is -4.00. The number of methoxy groups -OCH3 is 1. The number of amidine groups is 1. The van der Waals surface area contributed by atoms with Gasteiger partial charge in [-0.3, -0.25) is 0 Å². The van der Waals surface area contributed by atoms with E-state index in [0.29, 0.717) is 31.1 Å². The number of fused-ring (bicyclic) bond motifs is 2. The van der Waals surface area contributed by atoms with E-state index in [2.05, 4.69) is 4.90 Å². The zero-order valence-corrected chi connectivity index (χ0v) is 20.2. The third-order valence-corrected chi connectivity index (χ3v) is 6.36. The van der Waals surface area contributed by atoms with Gasteiger partial charge in [0.1, 0.15) is 29.6 Å². The van der Waals surface area contributed by atoms with Crippen molar-refractivity contribution in [2.75, 3.05) is 26.7 Å². The molecule has 1 fully saturated rings. The van der Waals surface area contributed by atoms with E-state index in [0.717, 1.165) is 34.0 Å². The predicted octanol–water partition coefficient (Wildman–Crippen LogP) is 5.53. The molecule has 0 radical (unpaired) electrons. The SMILES string of the molecule is COc1ccc2c(c1)Oc1cc(C)ccc1N=C2N1CCN(C(=O)OCc2ccccc2)C(C)C1. The highest BCUT2D eigenvalue weighted by atomic mass is 16.6. The Morgan fingerprint density at radius 1 is 1.06 bits per heavy atom. The fourth-order valence-electron chi connectivity index (χ4n) is 4.45. The van der Waals surface area contributed by atoms with Gasteiger partial charge in [-0.2, -0.15) is 0 Å². The van der Waals surface area contributed by atoms with Crippen molar-refractivity contribution in [1.82, 2.24) is 9.80 Å². The molecular formula is C28H29N3O4. The summed E-state index contributed by atoms with van der Waals surface area (Å²) in [5, 5.41) is 0. The van der Waals surface area contributed by atoms with E-state index in [1.54, 1.807) is 12.0 Å². The van der Waals surface area contributed by atoms with Gasteiger partial charge in [0, 0.05) is 31.7 Å². The number of nitrogens with zero attached hydrogens (tertiary/aromatic N) is 3. The Morgan fingerprint density at radius 2 is 1.89 bits per heavy atom. The number of carbonyl (C=O) groups is 1. The van der Waals surface area contributed by atoms with Crippen LogP contribution in [-0.4, -0.2) is 54.5 Å². The Kier molecular flexibility index (Phi) is 6.31. The van der Waals surface area contributed by atoms with Crippen molar-refractivity contribution < 1.29 is 19.0 Å². The van der Waals surface area contributed by atoms with Gasteiger partial charge in [-0.15, -0.1) is 0 Å². The smallest absolute Gasteiger partial charge is 0.410 e. The van der Waals surface area contributed by atoms with Gasteiger partial charge in [0.05, 0.1) is 12.7 Å². The molecular weight excluding hydrogens is 442 g/mol. The molecule has 0 aliphatic carbocycles. The number of aliphatic imine (C=N–C) groups is 1. The van der Waals surface area contributed by atoms with Gasteiger partial charge >= 0.3 is 6.09 Å². The van der Waals surface area contributed by atoms with Gasteiger partial charge in [-0.1, -0.05) is 36.4 Å². The fraction of sp³-hybridized carbons (Fsp3) is 0.286. The van der Waals surface area contributed by atoms with Gasteiger partial charge in [-0.05, 0) is 49.2 Å². The summed E-state index contributed by atoms with van der Waals surface area (Å²) in [6.07, 6.45) is -0.293. The van der Waals surface area contributed by atoms with Crippen LogP contribution in [0.2, 0.25) is 0 Å². The first-order valence-electron chi connectivity index (χ1n) is 11.8. The molecule has 1 unspecified atom stereocenters. The maximum absolute atomic E-state index is 12.8. The van der Waals surface area contributed by atoms with Crippen LogP contribution in [0, 0.1) is 6.92 Å². The van der Waals surface area contributed by atoms with Crippen molar-refractivity contribution in [1.29, 1.82) is 0 Å². The summed E-state index contributed by atoms with van der Waals surface area (Å²) < 4.78 is 17.3. The number of carbonyl (C=O) groups excluding carboxylic acids is 1. The normalized spacial score (nSPS) is 16.9. The Balaban J connectivity index is 1.37. The molecule has 7 heteroatoms. The van der Waals surface area contributed by atoms with Gasteiger partial charge < -0.3 is 24.0 Å². The minimum atomic E-state index is -0.293. The number of rotatable bonds is 3. The second-order valence-electron chi connectivity index (χ2n) is 8.90. The van der Waals surface area contributed by atoms with Crippen LogP contribution >= 0.6 is 0 Å². The molecule has 0 bridgehead atoms. The third kappa shape index (κ3) is 4.80. The number of piperazine rings is 1. The van der Waals surface area contributed by atoms with Crippen LogP contribution in [0.1, 0.15) is 23.6 Å². The maximum atomic E-state index is 12.8. The highest BCUT2D eigenvalue weighted by Gasteiger charge is 2.32. The van der Waals surface area contributed by atoms with Crippen molar-refractivity contribution in [2.45, 2.75) is 26.5 Å². The van der Waals surface area contributed by atoms with E-state index in [1.807, 2.05) is 80.6 Å². The quantitative estimate of drug-likeness (QED) is 0.503. The lowest BCUT2D eigenvalue weighted by Crippen LogP contribution is -2.55. The average Bonchev–Trinajstić information content (AvgIpc) is 3.03. The second kappa shape index (κ2) is 9.70. The first kappa shape index (κ1) is 22.8. The molecule has 35 heavy (non-hydrogen) atoms. The van der Waals surface area contributed by atoms with E-state index < -0.39 is 0 Å². The predicted molar refractivity (Wildman–Crippen MR) is 135 cm³/mol. The monoisotopic (exact) mass is 471 g/mol. The average molecular weight is 472 g/mol. The molecule has 180 valence electrons. The van der Waals surface area contributed by atoms with Crippen molar-refractivity contribution in [3.05, 3.63) is 83.4 Å². The van der Waals surface area contributed by atoms with Crippen LogP contribution in [0.4, 0.5) is 10.5 Å². The zero-order valence-electron chi connectivity index (χ0n) is 20.2. The Labute approximate surface area is 205 Å². The zero-order chi connectivity index (χ0) is 24.4. The van der Waals surface area contributed by atoms with Crippen molar-refractivity contribution in [3.63, 3.8) is 0 Å². The second-order valence-corrected chi connectivity index (χ2v) is 8.90. The third-order valence-electron chi connectivity index (χ3n) is 6.36. The van der Waals surface area contributed by atoms with Crippen LogP contribution in [0.5, 0.6) is 17.2 Å². The molecule has 3 aromatic rings. The summed E-state index contributed by atoms with van der Waals surface area (Å²) in [5.41, 5.74) is 3.74. The van der Waals surface area contributed by atoms with Gasteiger partial charge in [0.2, 0.25) is 0 Å². The van der Waals surface area contributed by atoms with Crippen LogP contribution in [0.25, 0.3) is 0 Å². The number of hydrogen-bond acceptors (Lipinski definition) is 6. The molecule has 7 nitrogen and oxygen atoms in total. The van der Waals surface area contributed by atoms with Crippen LogP contribution in [-0.2, 0) is 11.3 Å². The molecule has 1 amide bonds. The maximum Gasteiger partial charge on any atom is 0.410 e. The summed E-state index contributed by atoms with van der Waals surface area (Å²) in [6, 6.07) is 21.5. The van der Waals surface area contributed by atoms with Gasteiger partial charge in [-0.25, -0.2) is 9.79 Å². The highest BCUT2D eigenvalue weighted by Crippen LogP contribution is 2.40. The van der Waals surface area contributed by atoms with Crippen LogP contribution < -0.4 is 9.47 Å². The number of hydrogen-bond donors (Lipinski definition) is 0. The minimum absolute atomic E-state index is 0.0434. The molecule has 1 atom stereocenters. The van der Waals surface area contributed by atoms with E-state index in [9.17, 15) is 4.79 Å². The molecule has 0 spiro atoms. The standard InChI is InChI=1S/C28H29N3O4/c1-19-9-12-24-26(15-19)35-25-16-22(33-3)10-11-23(25)27(29-24)30-13-14-31(20(2)17-30)28(32)34-18-21-7-5-4-6-8-21/h4-12,15-16,20H,13-14,17-18H2,1-3H3.